The van der Waals surface area contributed by atoms with Crippen LogP contribution in [-0.4, -0.2) is 37.0 Å². The number of nitrogens with two attached hydrogens (primary N) is 1. The highest BCUT2D eigenvalue weighted by Gasteiger charge is 2.22. The van der Waals surface area contributed by atoms with Crippen molar-refractivity contribution in [2.75, 3.05) is 31.5 Å². The normalized spacial score (nSPS) is 18.6. The molecule has 1 heterocycles. The fraction of sp³-hybridized carbons (Fsp3) is 0.500. The number of benzene rings is 1. The zero-order chi connectivity index (χ0) is 13.8. The van der Waals surface area contributed by atoms with Gasteiger partial charge in [0.05, 0.1) is 6.54 Å². The number of halogens is 2. The first kappa shape index (κ1) is 17.2. The molecule has 1 saturated heterocycles. The lowest BCUT2D eigenvalue weighted by Crippen LogP contribution is -2.32. The first-order valence-corrected chi connectivity index (χ1v) is 6.94. The lowest BCUT2D eigenvalue weighted by molar-refractivity contribution is -0.117. The molecule has 1 fully saturated rings. The molecule has 0 bridgehead atoms. The summed E-state index contributed by atoms with van der Waals surface area (Å²) >= 11 is 5.93. The van der Waals surface area contributed by atoms with Gasteiger partial charge in [-0.3, -0.25) is 9.69 Å². The number of rotatable bonds is 4. The first-order valence-electron chi connectivity index (χ1n) is 6.57. The van der Waals surface area contributed by atoms with Gasteiger partial charge >= 0.3 is 0 Å². The molecule has 0 aliphatic carbocycles. The molecule has 0 spiro atoms. The SMILES string of the molecule is Cc1ccc(Cl)cc1NC(=O)CN1CCC(CN)C1.Cl. The third kappa shape index (κ3) is 4.63. The predicted molar refractivity (Wildman–Crippen MR) is 85.7 cm³/mol. The van der Waals surface area contributed by atoms with Gasteiger partial charge in [-0.15, -0.1) is 12.4 Å². The molecule has 0 radical (unpaired) electrons. The monoisotopic (exact) mass is 317 g/mol. The molecule has 1 aromatic carbocycles. The van der Waals surface area contributed by atoms with Crippen molar-refractivity contribution in [3.05, 3.63) is 28.8 Å². The van der Waals surface area contributed by atoms with Gasteiger partial charge in [-0.2, -0.15) is 0 Å². The maximum absolute atomic E-state index is 12.0. The van der Waals surface area contributed by atoms with Crippen molar-refractivity contribution >= 4 is 35.6 Å². The molecule has 0 aromatic heterocycles. The van der Waals surface area contributed by atoms with E-state index in [1.54, 1.807) is 6.07 Å². The van der Waals surface area contributed by atoms with Crippen LogP contribution in [0, 0.1) is 12.8 Å². The van der Waals surface area contributed by atoms with Crippen LogP contribution in [0.1, 0.15) is 12.0 Å². The highest BCUT2D eigenvalue weighted by Crippen LogP contribution is 2.20. The molecular weight excluding hydrogens is 297 g/mol. The van der Waals surface area contributed by atoms with Crippen molar-refractivity contribution in [2.24, 2.45) is 11.7 Å². The fourth-order valence-electron chi connectivity index (χ4n) is 2.37. The van der Waals surface area contributed by atoms with Crippen LogP contribution in [0.15, 0.2) is 18.2 Å². The van der Waals surface area contributed by atoms with Gasteiger partial charge in [-0.1, -0.05) is 17.7 Å². The van der Waals surface area contributed by atoms with E-state index in [-0.39, 0.29) is 18.3 Å². The van der Waals surface area contributed by atoms with Crippen molar-refractivity contribution in [1.82, 2.24) is 4.90 Å². The lowest BCUT2D eigenvalue weighted by Gasteiger charge is -2.16. The van der Waals surface area contributed by atoms with E-state index in [1.165, 1.54) is 0 Å². The first-order chi connectivity index (χ1) is 9.08. The lowest BCUT2D eigenvalue weighted by atomic mass is 10.1. The molecule has 1 unspecified atom stereocenters. The Labute approximate surface area is 131 Å². The minimum Gasteiger partial charge on any atom is -0.330 e. The van der Waals surface area contributed by atoms with Crippen molar-refractivity contribution < 1.29 is 4.79 Å². The molecule has 0 saturated carbocycles. The minimum absolute atomic E-state index is 0. The number of hydrogen-bond acceptors (Lipinski definition) is 3. The maximum Gasteiger partial charge on any atom is 0.238 e. The Balaban J connectivity index is 0.00000200. The summed E-state index contributed by atoms with van der Waals surface area (Å²) in [5.41, 5.74) is 7.44. The van der Waals surface area contributed by atoms with Crippen LogP contribution in [0.4, 0.5) is 5.69 Å². The van der Waals surface area contributed by atoms with Gasteiger partial charge in [-0.25, -0.2) is 0 Å². The summed E-state index contributed by atoms with van der Waals surface area (Å²) in [6.07, 6.45) is 1.08. The van der Waals surface area contributed by atoms with E-state index in [9.17, 15) is 4.79 Å². The van der Waals surface area contributed by atoms with E-state index < -0.39 is 0 Å². The molecule has 20 heavy (non-hydrogen) atoms. The number of carbonyl (C=O) groups is 1. The number of hydrogen-bond donors (Lipinski definition) is 2. The van der Waals surface area contributed by atoms with E-state index in [2.05, 4.69) is 10.2 Å². The predicted octanol–water partition coefficient (Wildman–Crippen LogP) is 2.29. The Bertz CT molecular complexity index is 468. The maximum atomic E-state index is 12.0. The van der Waals surface area contributed by atoms with E-state index in [0.29, 0.717) is 24.0 Å². The molecule has 1 aliphatic rings. The van der Waals surface area contributed by atoms with Gasteiger partial charge in [0.1, 0.15) is 0 Å². The van der Waals surface area contributed by atoms with Gasteiger partial charge in [0.2, 0.25) is 5.91 Å². The number of carbonyl (C=O) groups excluding carboxylic acids is 1. The minimum atomic E-state index is 0. The Hall–Kier alpha value is -0.810. The standard InChI is InChI=1S/C14H20ClN3O.ClH/c1-10-2-3-12(15)6-13(10)17-14(19)9-18-5-4-11(7-16)8-18;/h2-3,6,11H,4-5,7-9,16H2,1H3,(H,17,19);1H. The quantitative estimate of drug-likeness (QED) is 0.895. The van der Waals surface area contributed by atoms with Gasteiger partial charge in [0.25, 0.3) is 0 Å². The van der Waals surface area contributed by atoms with Gasteiger partial charge in [0.15, 0.2) is 0 Å². The number of likely N-dealkylation sites (tertiary alicyclic amines) is 1. The second-order valence-corrected chi connectivity index (χ2v) is 5.57. The van der Waals surface area contributed by atoms with Crippen molar-refractivity contribution in [3.8, 4) is 0 Å². The van der Waals surface area contributed by atoms with Crippen molar-refractivity contribution in [1.29, 1.82) is 0 Å². The molecular formula is C14H21Cl2N3O. The topological polar surface area (TPSA) is 58.4 Å². The molecule has 2 rings (SSSR count). The van der Waals surface area contributed by atoms with E-state index in [1.807, 2.05) is 19.1 Å². The summed E-state index contributed by atoms with van der Waals surface area (Å²) in [5.74, 6) is 0.531. The summed E-state index contributed by atoms with van der Waals surface area (Å²) in [6.45, 7) is 4.93. The Kier molecular flexibility index (Phi) is 6.76. The molecule has 1 atom stereocenters. The second-order valence-electron chi connectivity index (χ2n) is 5.13. The Morgan fingerprint density at radius 1 is 1.55 bits per heavy atom. The van der Waals surface area contributed by atoms with Gasteiger partial charge in [-0.05, 0) is 50.0 Å². The average molecular weight is 318 g/mol. The zero-order valence-electron chi connectivity index (χ0n) is 11.6. The molecule has 112 valence electrons. The van der Waals surface area contributed by atoms with Gasteiger partial charge < -0.3 is 11.1 Å². The molecule has 3 N–H and O–H groups in total. The van der Waals surface area contributed by atoms with Crippen LogP contribution < -0.4 is 11.1 Å². The summed E-state index contributed by atoms with van der Waals surface area (Å²) < 4.78 is 0. The number of aryl methyl sites for hydroxylation is 1. The molecule has 1 amide bonds. The molecule has 1 aliphatic heterocycles. The average Bonchev–Trinajstić information content (AvgIpc) is 2.81. The smallest absolute Gasteiger partial charge is 0.238 e. The van der Waals surface area contributed by atoms with Crippen LogP contribution in [0.3, 0.4) is 0 Å². The highest BCUT2D eigenvalue weighted by atomic mass is 35.5. The molecule has 1 aromatic rings. The van der Waals surface area contributed by atoms with Crippen LogP contribution in [0.25, 0.3) is 0 Å². The van der Waals surface area contributed by atoms with E-state index >= 15 is 0 Å². The van der Waals surface area contributed by atoms with E-state index in [0.717, 1.165) is 30.8 Å². The van der Waals surface area contributed by atoms with Crippen LogP contribution in [0.2, 0.25) is 5.02 Å². The van der Waals surface area contributed by atoms with E-state index in [4.69, 9.17) is 17.3 Å². The Morgan fingerprint density at radius 3 is 2.95 bits per heavy atom. The number of nitrogens with zero attached hydrogens (tertiary/aromatic N) is 1. The van der Waals surface area contributed by atoms with Crippen LogP contribution in [-0.2, 0) is 4.79 Å². The van der Waals surface area contributed by atoms with Gasteiger partial charge in [0, 0.05) is 17.3 Å². The fourth-order valence-corrected chi connectivity index (χ4v) is 2.54. The summed E-state index contributed by atoms with van der Waals surface area (Å²) in [5, 5.41) is 3.54. The molecule has 6 heteroatoms. The molecule has 4 nitrogen and oxygen atoms in total. The summed E-state index contributed by atoms with van der Waals surface area (Å²) in [7, 11) is 0. The van der Waals surface area contributed by atoms with Crippen LogP contribution in [0.5, 0.6) is 0 Å². The third-order valence-electron chi connectivity index (χ3n) is 3.54. The Morgan fingerprint density at radius 2 is 2.30 bits per heavy atom. The van der Waals surface area contributed by atoms with Crippen LogP contribution >= 0.6 is 24.0 Å². The third-order valence-corrected chi connectivity index (χ3v) is 3.78. The number of nitrogens with one attached hydrogen (secondary N) is 1. The zero-order valence-corrected chi connectivity index (χ0v) is 13.1. The number of anilines is 1. The van der Waals surface area contributed by atoms with Crippen molar-refractivity contribution in [2.45, 2.75) is 13.3 Å². The number of amides is 1. The summed E-state index contributed by atoms with van der Waals surface area (Å²) in [6, 6.07) is 5.50. The second kappa shape index (κ2) is 7.84. The largest absolute Gasteiger partial charge is 0.330 e. The van der Waals surface area contributed by atoms with Crippen molar-refractivity contribution in [3.63, 3.8) is 0 Å². The summed E-state index contributed by atoms with van der Waals surface area (Å²) in [4.78, 5) is 14.1. The highest BCUT2D eigenvalue weighted by molar-refractivity contribution is 6.31.